The van der Waals surface area contributed by atoms with Crippen molar-refractivity contribution >= 4 is 33.5 Å². The SMILES string of the molecule is O=C(Nc1ccc(Br)c(C2CC2)n1)Nc1cn[nH]c1-c1ccccn1. The number of nitrogens with zero attached hydrogens (tertiary/aromatic N) is 3. The summed E-state index contributed by atoms with van der Waals surface area (Å²) in [6.45, 7) is 0. The molecular formula is C17H15BrN6O. The van der Waals surface area contributed by atoms with E-state index in [1.54, 1.807) is 18.5 Å². The first kappa shape index (κ1) is 15.8. The molecule has 1 fully saturated rings. The molecule has 0 bridgehead atoms. The molecule has 3 aromatic rings. The lowest BCUT2D eigenvalue weighted by molar-refractivity contribution is 0.262. The topological polar surface area (TPSA) is 95.6 Å². The zero-order valence-corrected chi connectivity index (χ0v) is 14.7. The summed E-state index contributed by atoms with van der Waals surface area (Å²) < 4.78 is 0.980. The fraction of sp³-hybridized carbons (Fsp3) is 0.176. The summed E-state index contributed by atoms with van der Waals surface area (Å²) in [4.78, 5) is 21.1. The smallest absolute Gasteiger partial charge is 0.304 e. The van der Waals surface area contributed by atoms with E-state index in [2.05, 4.69) is 46.7 Å². The number of nitrogens with one attached hydrogen (secondary N) is 3. The largest absolute Gasteiger partial charge is 0.324 e. The van der Waals surface area contributed by atoms with Gasteiger partial charge in [-0.3, -0.25) is 15.4 Å². The monoisotopic (exact) mass is 398 g/mol. The molecule has 1 saturated carbocycles. The fourth-order valence-corrected chi connectivity index (χ4v) is 3.07. The Hall–Kier alpha value is -2.74. The number of aromatic nitrogens is 4. The molecule has 0 radical (unpaired) electrons. The zero-order valence-electron chi connectivity index (χ0n) is 13.2. The molecule has 0 aliphatic heterocycles. The van der Waals surface area contributed by atoms with Crippen LogP contribution in [0.3, 0.4) is 0 Å². The van der Waals surface area contributed by atoms with Gasteiger partial charge in [0.1, 0.15) is 11.5 Å². The van der Waals surface area contributed by atoms with E-state index in [4.69, 9.17) is 0 Å². The van der Waals surface area contributed by atoms with Crippen molar-refractivity contribution in [3.63, 3.8) is 0 Å². The second-order valence-electron chi connectivity index (χ2n) is 5.79. The first-order valence-electron chi connectivity index (χ1n) is 7.90. The van der Waals surface area contributed by atoms with Crippen LogP contribution in [0.2, 0.25) is 0 Å². The minimum Gasteiger partial charge on any atom is -0.304 e. The number of anilines is 2. The summed E-state index contributed by atoms with van der Waals surface area (Å²) in [5.74, 6) is 1.01. The molecule has 0 atom stereocenters. The van der Waals surface area contributed by atoms with Crippen LogP contribution in [-0.2, 0) is 0 Å². The van der Waals surface area contributed by atoms with E-state index >= 15 is 0 Å². The van der Waals surface area contributed by atoms with Gasteiger partial charge in [0.15, 0.2) is 0 Å². The highest BCUT2D eigenvalue weighted by Crippen LogP contribution is 2.42. The van der Waals surface area contributed by atoms with E-state index in [0.29, 0.717) is 28.8 Å². The fourth-order valence-electron chi connectivity index (χ4n) is 2.53. The molecule has 0 unspecified atom stereocenters. The number of hydrogen-bond acceptors (Lipinski definition) is 4. The van der Waals surface area contributed by atoms with Gasteiger partial charge in [0, 0.05) is 16.6 Å². The number of rotatable bonds is 4. The van der Waals surface area contributed by atoms with Crippen molar-refractivity contribution in [2.75, 3.05) is 10.6 Å². The Morgan fingerprint density at radius 3 is 2.84 bits per heavy atom. The number of urea groups is 1. The molecule has 0 saturated heterocycles. The van der Waals surface area contributed by atoms with Gasteiger partial charge in [-0.1, -0.05) is 6.07 Å². The molecule has 3 heterocycles. The van der Waals surface area contributed by atoms with Crippen LogP contribution in [0, 0.1) is 0 Å². The molecule has 25 heavy (non-hydrogen) atoms. The zero-order chi connectivity index (χ0) is 17.2. The van der Waals surface area contributed by atoms with E-state index in [-0.39, 0.29) is 6.03 Å². The summed E-state index contributed by atoms with van der Waals surface area (Å²) in [5.41, 5.74) is 2.90. The van der Waals surface area contributed by atoms with Gasteiger partial charge in [0.2, 0.25) is 0 Å². The van der Waals surface area contributed by atoms with Crippen LogP contribution >= 0.6 is 15.9 Å². The number of hydrogen-bond donors (Lipinski definition) is 3. The summed E-state index contributed by atoms with van der Waals surface area (Å²) in [7, 11) is 0. The molecule has 1 aliphatic rings. The maximum absolute atomic E-state index is 12.3. The molecule has 8 heteroatoms. The Kier molecular flexibility index (Phi) is 4.19. The van der Waals surface area contributed by atoms with Gasteiger partial charge in [-0.05, 0) is 53.0 Å². The third kappa shape index (κ3) is 3.53. The molecule has 3 N–H and O–H groups in total. The van der Waals surface area contributed by atoms with Crippen molar-refractivity contribution in [1.82, 2.24) is 20.2 Å². The molecule has 1 aliphatic carbocycles. The van der Waals surface area contributed by atoms with Gasteiger partial charge in [-0.2, -0.15) is 5.10 Å². The molecule has 2 amide bonds. The Balaban J connectivity index is 1.48. The van der Waals surface area contributed by atoms with Crippen LogP contribution in [0.4, 0.5) is 16.3 Å². The van der Waals surface area contributed by atoms with Crippen molar-refractivity contribution in [3.8, 4) is 11.4 Å². The Morgan fingerprint density at radius 2 is 2.08 bits per heavy atom. The second-order valence-corrected chi connectivity index (χ2v) is 6.64. The van der Waals surface area contributed by atoms with Crippen LogP contribution < -0.4 is 10.6 Å². The molecule has 0 aromatic carbocycles. The van der Waals surface area contributed by atoms with Crippen molar-refractivity contribution in [1.29, 1.82) is 0 Å². The van der Waals surface area contributed by atoms with Crippen molar-refractivity contribution in [2.24, 2.45) is 0 Å². The van der Waals surface area contributed by atoms with Gasteiger partial charge in [0.25, 0.3) is 0 Å². The molecule has 126 valence electrons. The second kappa shape index (κ2) is 6.64. The predicted molar refractivity (Wildman–Crippen MR) is 98.4 cm³/mol. The average Bonchev–Trinajstić information content (AvgIpc) is 3.36. The highest BCUT2D eigenvalue weighted by molar-refractivity contribution is 9.10. The van der Waals surface area contributed by atoms with Gasteiger partial charge in [-0.25, -0.2) is 9.78 Å². The van der Waals surface area contributed by atoms with Gasteiger partial charge >= 0.3 is 6.03 Å². The minimum atomic E-state index is -0.379. The number of halogens is 1. The summed E-state index contributed by atoms with van der Waals surface area (Å²) in [5, 5.41) is 12.4. The summed E-state index contributed by atoms with van der Waals surface area (Å²) in [6.07, 6.45) is 5.52. The Bertz CT molecular complexity index is 907. The van der Waals surface area contributed by atoms with E-state index in [1.165, 1.54) is 0 Å². The van der Waals surface area contributed by atoms with E-state index in [0.717, 1.165) is 23.0 Å². The number of amides is 2. The molecular weight excluding hydrogens is 384 g/mol. The average molecular weight is 399 g/mol. The molecule has 0 spiro atoms. The number of carbonyl (C=O) groups is 1. The van der Waals surface area contributed by atoms with Gasteiger partial charge in [0.05, 0.1) is 23.3 Å². The Labute approximate surface area is 152 Å². The van der Waals surface area contributed by atoms with Gasteiger partial charge in [-0.15, -0.1) is 0 Å². The van der Waals surface area contributed by atoms with Crippen molar-refractivity contribution < 1.29 is 4.79 Å². The summed E-state index contributed by atoms with van der Waals surface area (Å²) in [6, 6.07) is 8.84. The lowest BCUT2D eigenvalue weighted by Crippen LogP contribution is -2.20. The quantitative estimate of drug-likeness (QED) is 0.614. The van der Waals surface area contributed by atoms with E-state index in [9.17, 15) is 4.79 Å². The Morgan fingerprint density at radius 1 is 1.20 bits per heavy atom. The summed E-state index contributed by atoms with van der Waals surface area (Å²) >= 11 is 3.51. The molecule has 3 aromatic heterocycles. The normalized spacial score (nSPS) is 13.5. The lowest BCUT2D eigenvalue weighted by atomic mass is 10.2. The van der Waals surface area contributed by atoms with Crippen LogP contribution in [0.5, 0.6) is 0 Å². The van der Waals surface area contributed by atoms with Crippen molar-refractivity contribution in [3.05, 3.63) is 52.9 Å². The standard InChI is InChI=1S/C17H15BrN6O/c18-11-6-7-14(22-15(11)10-4-5-10)23-17(25)21-13-9-20-24-16(13)12-3-1-2-8-19-12/h1-3,6-10H,4-5H2,(H,20,24)(H2,21,22,23,25). The first-order chi connectivity index (χ1) is 12.2. The number of pyridine rings is 2. The number of aromatic amines is 1. The third-order valence-corrected chi connectivity index (χ3v) is 4.56. The molecule has 7 nitrogen and oxygen atoms in total. The lowest BCUT2D eigenvalue weighted by Gasteiger charge is -2.09. The van der Waals surface area contributed by atoms with Crippen LogP contribution in [0.1, 0.15) is 24.5 Å². The first-order valence-corrected chi connectivity index (χ1v) is 8.69. The predicted octanol–water partition coefficient (Wildman–Crippen LogP) is 4.15. The van der Waals surface area contributed by atoms with Crippen LogP contribution in [0.15, 0.2) is 47.2 Å². The maximum atomic E-state index is 12.3. The van der Waals surface area contributed by atoms with Crippen LogP contribution in [0.25, 0.3) is 11.4 Å². The number of carbonyl (C=O) groups excluding carboxylic acids is 1. The third-order valence-electron chi connectivity index (χ3n) is 3.89. The van der Waals surface area contributed by atoms with Gasteiger partial charge < -0.3 is 5.32 Å². The number of H-pyrrole nitrogens is 1. The highest BCUT2D eigenvalue weighted by Gasteiger charge is 2.27. The minimum absolute atomic E-state index is 0.379. The van der Waals surface area contributed by atoms with Crippen molar-refractivity contribution in [2.45, 2.75) is 18.8 Å². The highest BCUT2D eigenvalue weighted by atomic mass is 79.9. The van der Waals surface area contributed by atoms with E-state index in [1.807, 2.05) is 24.3 Å². The van der Waals surface area contributed by atoms with Crippen LogP contribution in [-0.4, -0.2) is 26.2 Å². The maximum Gasteiger partial charge on any atom is 0.324 e. The molecule has 4 rings (SSSR count). The van der Waals surface area contributed by atoms with E-state index < -0.39 is 0 Å².